The molecular formula is C16H19ClN2O4. The van der Waals surface area contributed by atoms with E-state index < -0.39 is 18.1 Å². The van der Waals surface area contributed by atoms with Gasteiger partial charge in [0.1, 0.15) is 6.04 Å². The van der Waals surface area contributed by atoms with Crippen LogP contribution < -0.4 is 11.1 Å². The lowest BCUT2D eigenvalue weighted by molar-refractivity contribution is -0.124. The van der Waals surface area contributed by atoms with E-state index in [4.69, 9.17) is 5.73 Å². The lowest BCUT2D eigenvalue weighted by Crippen LogP contribution is -2.48. The van der Waals surface area contributed by atoms with Crippen LogP contribution in [-0.2, 0) is 4.79 Å². The molecule has 0 aliphatic heterocycles. The van der Waals surface area contributed by atoms with Crippen molar-refractivity contribution < 1.29 is 19.5 Å². The second-order valence-corrected chi connectivity index (χ2v) is 5.29. The Hall–Kier alpha value is -2.02. The highest BCUT2D eigenvalue weighted by Gasteiger charge is 2.30. The van der Waals surface area contributed by atoms with Gasteiger partial charge in [0.05, 0.1) is 6.10 Å². The van der Waals surface area contributed by atoms with E-state index in [-0.39, 0.29) is 36.1 Å². The fourth-order valence-corrected chi connectivity index (χ4v) is 2.28. The lowest BCUT2D eigenvalue weighted by Gasteiger charge is -2.20. The minimum atomic E-state index is -1.08. The number of rotatable bonds is 4. The highest BCUT2D eigenvalue weighted by Crippen LogP contribution is 2.25. The number of hydrogen-bond acceptors (Lipinski definition) is 5. The number of halogens is 1. The Morgan fingerprint density at radius 3 is 2.26 bits per heavy atom. The fraction of sp³-hybridized carbons (Fsp3) is 0.312. The molecular weight excluding hydrogens is 320 g/mol. The zero-order chi connectivity index (χ0) is 16.4. The van der Waals surface area contributed by atoms with E-state index in [0.29, 0.717) is 16.7 Å². The molecule has 124 valence electrons. The second-order valence-electron chi connectivity index (χ2n) is 5.29. The SMILES string of the molecule is CC1=C(CNC(=O)[C@@H](N)[C@@H](C)O)C(=O)c2ccccc2C1=O.Cl. The van der Waals surface area contributed by atoms with Crippen LogP contribution in [0.1, 0.15) is 34.6 Å². The number of carbonyl (C=O) groups is 3. The topological polar surface area (TPSA) is 109 Å². The maximum absolute atomic E-state index is 12.4. The van der Waals surface area contributed by atoms with Crippen LogP contribution in [0.25, 0.3) is 0 Å². The van der Waals surface area contributed by atoms with Gasteiger partial charge in [0.2, 0.25) is 5.91 Å². The third-order valence-corrected chi connectivity index (χ3v) is 3.75. The maximum atomic E-state index is 12.4. The van der Waals surface area contributed by atoms with Crippen molar-refractivity contribution in [1.82, 2.24) is 5.32 Å². The predicted octanol–water partition coefficient (Wildman–Crippen LogP) is 0.628. The van der Waals surface area contributed by atoms with Crippen LogP contribution in [0.15, 0.2) is 35.4 Å². The highest BCUT2D eigenvalue weighted by atomic mass is 35.5. The van der Waals surface area contributed by atoms with E-state index in [1.807, 2.05) is 0 Å². The smallest absolute Gasteiger partial charge is 0.239 e. The average molecular weight is 339 g/mol. The van der Waals surface area contributed by atoms with E-state index in [1.165, 1.54) is 6.92 Å². The molecule has 2 rings (SSSR count). The summed E-state index contributed by atoms with van der Waals surface area (Å²) in [6, 6.07) is 5.50. The molecule has 4 N–H and O–H groups in total. The van der Waals surface area contributed by atoms with Crippen LogP contribution >= 0.6 is 12.4 Å². The first-order valence-corrected chi connectivity index (χ1v) is 6.94. The van der Waals surface area contributed by atoms with E-state index in [1.54, 1.807) is 31.2 Å². The molecule has 6 nitrogen and oxygen atoms in total. The summed E-state index contributed by atoms with van der Waals surface area (Å²) >= 11 is 0. The van der Waals surface area contributed by atoms with E-state index >= 15 is 0 Å². The summed E-state index contributed by atoms with van der Waals surface area (Å²) in [7, 11) is 0. The maximum Gasteiger partial charge on any atom is 0.239 e. The molecule has 0 spiro atoms. The Morgan fingerprint density at radius 2 is 1.74 bits per heavy atom. The van der Waals surface area contributed by atoms with Crippen molar-refractivity contribution in [2.45, 2.75) is 26.0 Å². The molecule has 1 aromatic carbocycles. The number of nitrogens with two attached hydrogens (primary N) is 1. The summed E-state index contributed by atoms with van der Waals surface area (Å²) in [5.74, 6) is -1.08. The van der Waals surface area contributed by atoms with E-state index in [2.05, 4.69) is 5.32 Å². The van der Waals surface area contributed by atoms with Crippen LogP contribution in [0.2, 0.25) is 0 Å². The van der Waals surface area contributed by atoms with Gasteiger partial charge in [-0.2, -0.15) is 0 Å². The summed E-state index contributed by atoms with van der Waals surface area (Å²) in [5.41, 5.74) is 6.79. The third-order valence-electron chi connectivity index (χ3n) is 3.75. The number of Topliss-reactive ketones (excluding diaryl/α,β-unsaturated/α-hetero) is 2. The van der Waals surface area contributed by atoms with Gasteiger partial charge < -0.3 is 16.2 Å². The fourth-order valence-electron chi connectivity index (χ4n) is 2.28. The number of benzene rings is 1. The Bertz CT molecular complexity index is 682. The van der Waals surface area contributed by atoms with Crippen LogP contribution in [0.4, 0.5) is 0 Å². The first-order chi connectivity index (χ1) is 10.3. The molecule has 0 heterocycles. The van der Waals surface area contributed by atoms with Gasteiger partial charge in [0, 0.05) is 28.8 Å². The van der Waals surface area contributed by atoms with Crippen molar-refractivity contribution in [3.8, 4) is 0 Å². The molecule has 0 fully saturated rings. The molecule has 1 aliphatic carbocycles. The number of fused-ring (bicyclic) bond motifs is 1. The Morgan fingerprint density at radius 1 is 1.22 bits per heavy atom. The van der Waals surface area contributed by atoms with Crippen LogP contribution in [0.5, 0.6) is 0 Å². The standard InChI is InChI=1S/C16H18N2O4.ClH/c1-8-12(7-18-16(22)13(17)9(2)19)15(21)11-6-4-3-5-10(11)14(8)20;/h3-6,9,13,19H,7,17H2,1-2H3,(H,18,22);1H/t9-,13+;/m1./s1. The lowest BCUT2D eigenvalue weighted by atomic mass is 9.84. The Kier molecular flexibility index (Phi) is 6.20. The number of amides is 1. The summed E-state index contributed by atoms with van der Waals surface area (Å²) in [6.45, 7) is 2.87. The van der Waals surface area contributed by atoms with Crippen molar-refractivity contribution in [2.24, 2.45) is 5.73 Å². The number of ketones is 2. The quantitative estimate of drug-likeness (QED) is 0.746. The number of aliphatic hydroxyl groups is 1. The Labute approximate surface area is 140 Å². The minimum Gasteiger partial charge on any atom is -0.391 e. The zero-order valence-corrected chi connectivity index (χ0v) is 13.6. The summed E-state index contributed by atoms with van der Waals surface area (Å²) in [6.07, 6.45) is -1.00. The van der Waals surface area contributed by atoms with Crippen LogP contribution in [0.3, 0.4) is 0 Å². The number of aliphatic hydroxyl groups excluding tert-OH is 1. The van der Waals surface area contributed by atoms with Gasteiger partial charge in [-0.3, -0.25) is 14.4 Å². The normalized spacial score (nSPS) is 16.3. The average Bonchev–Trinajstić information content (AvgIpc) is 2.51. The molecule has 0 unspecified atom stereocenters. The van der Waals surface area contributed by atoms with Crippen LogP contribution in [0, 0.1) is 0 Å². The van der Waals surface area contributed by atoms with Crippen molar-refractivity contribution in [1.29, 1.82) is 0 Å². The van der Waals surface area contributed by atoms with Gasteiger partial charge in [0.25, 0.3) is 0 Å². The molecule has 0 aromatic heterocycles. The minimum absolute atomic E-state index is 0. The largest absolute Gasteiger partial charge is 0.391 e. The number of carbonyl (C=O) groups excluding carboxylic acids is 3. The molecule has 1 aliphatic rings. The van der Waals surface area contributed by atoms with Crippen molar-refractivity contribution in [3.63, 3.8) is 0 Å². The molecule has 0 saturated carbocycles. The van der Waals surface area contributed by atoms with Crippen molar-refractivity contribution in [3.05, 3.63) is 46.5 Å². The summed E-state index contributed by atoms with van der Waals surface area (Å²) in [5, 5.41) is 11.8. The molecule has 0 radical (unpaired) electrons. The first kappa shape index (κ1) is 19.0. The van der Waals surface area contributed by atoms with Crippen molar-refractivity contribution >= 4 is 29.9 Å². The third kappa shape index (κ3) is 3.67. The van der Waals surface area contributed by atoms with Gasteiger partial charge in [-0.05, 0) is 13.8 Å². The summed E-state index contributed by atoms with van der Waals surface area (Å²) < 4.78 is 0. The first-order valence-electron chi connectivity index (χ1n) is 6.94. The second kappa shape index (κ2) is 7.50. The number of allylic oxidation sites excluding steroid dienone is 1. The van der Waals surface area contributed by atoms with Gasteiger partial charge in [-0.15, -0.1) is 12.4 Å². The molecule has 23 heavy (non-hydrogen) atoms. The van der Waals surface area contributed by atoms with Crippen LogP contribution in [-0.4, -0.2) is 41.3 Å². The van der Waals surface area contributed by atoms with E-state index in [9.17, 15) is 19.5 Å². The molecule has 2 atom stereocenters. The van der Waals surface area contributed by atoms with E-state index in [0.717, 1.165) is 0 Å². The van der Waals surface area contributed by atoms with Gasteiger partial charge in [0.15, 0.2) is 11.6 Å². The monoisotopic (exact) mass is 338 g/mol. The summed E-state index contributed by atoms with van der Waals surface area (Å²) in [4.78, 5) is 36.5. The van der Waals surface area contributed by atoms with Gasteiger partial charge in [-0.25, -0.2) is 0 Å². The van der Waals surface area contributed by atoms with Gasteiger partial charge >= 0.3 is 0 Å². The molecule has 0 saturated heterocycles. The highest BCUT2D eigenvalue weighted by molar-refractivity contribution is 6.26. The number of nitrogens with one attached hydrogen (secondary N) is 1. The predicted molar refractivity (Wildman–Crippen MR) is 87.7 cm³/mol. The molecule has 0 bridgehead atoms. The molecule has 1 aromatic rings. The number of hydrogen-bond donors (Lipinski definition) is 3. The van der Waals surface area contributed by atoms with Crippen molar-refractivity contribution in [2.75, 3.05) is 6.54 Å². The molecule has 7 heteroatoms. The Balaban J connectivity index is 0.00000264. The molecule has 1 amide bonds. The van der Waals surface area contributed by atoms with Gasteiger partial charge in [-0.1, -0.05) is 24.3 Å². The zero-order valence-electron chi connectivity index (χ0n) is 12.8.